The fourth-order valence-corrected chi connectivity index (χ4v) is 5.15. The van der Waals surface area contributed by atoms with Crippen molar-refractivity contribution in [2.24, 2.45) is 0 Å². The van der Waals surface area contributed by atoms with Crippen LogP contribution in [0.15, 0.2) is 108 Å². The van der Waals surface area contributed by atoms with Crippen molar-refractivity contribution >= 4 is 27.8 Å². The van der Waals surface area contributed by atoms with Gasteiger partial charge in [-0.2, -0.15) is 5.26 Å². The lowest BCUT2D eigenvalue weighted by Gasteiger charge is -2.38. The van der Waals surface area contributed by atoms with Crippen LogP contribution in [-0.4, -0.2) is 33.9 Å². The number of aromatic amines is 1. The molecule has 6 heteroatoms. The highest BCUT2D eigenvalue weighted by Gasteiger charge is 2.32. The molecule has 0 unspecified atom stereocenters. The Morgan fingerprint density at radius 2 is 1.60 bits per heavy atom. The second kappa shape index (κ2) is 13.7. The van der Waals surface area contributed by atoms with Gasteiger partial charge in [-0.15, -0.1) is 0 Å². The minimum absolute atomic E-state index is 0.130. The van der Waals surface area contributed by atoms with Gasteiger partial charge in [0.2, 0.25) is 5.91 Å². The van der Waals surface area contributed by atoms with Gasteiger partial charge >= 0.3 is 0 Å². The first-order valence-corrected chi connectivity index (χ1v) is 14.9. The highest BCUT2D eigenvalue weighted by atomic mass is 16.3. The number of aryl methyl sites for hydroxylation is 1. The maximum atomic E-state index is 12.8. The summed E-state index contributed by atoms with van der Waals surface area (Å²) in [6.45, 7) is 7.53. The van der Waals surface area contributed by atoms with Crippen molar-refractivity contribution in [2.75, 3.05) is 13.1 Å². The van der Waals surface area contributed by atoms with Crippen molar-refractivity contribution in [3.05, 3.63) is 126 Å². The number of aromatic nitrogens is 2. The van der Waals surface area contributed by atoms with E-state index in [-0.39, 0.29) is 11.8 Å². The summed E-state index contributed by atoms with van der Waals surface area (Å²) < 4.78 is 5.88. The molecule has 6 nitrogen and oxygen atoms in total. The molecule has 1 amide bonds. The summed E-state index contributed by atoms with van der Waals surface area (Å²) in [6.07, 6.45) is 3.36. The van der Waals surface area contributed by atoms with E-state index in [4.69, 9.17) is 9.68 Å². The Kier molecular flexibility index (Phi) is 9.33. The summed E-state index contributed by atoms with van der Waals surface area (Å²) in [5.74, 6) is 1.17. The van der Waals surface area contributed by atoms with E-state index in [1.807, 2.05) is 79.5 Å². The van der Waals surface area contributed by atoms with Gasteiger partial charge in [0.1, 0.15) is 17.0 Å². The molecule has 1 N–H and O–H groups in total. The van der Waals surface area contributed by atoms with Gasteiger partial charge in [-0.25, -0.2) is 4.98 Å². The monoisotopic (exact) mass is 568 g/mol. The average Bonchev–Trinajstić information content (AvgIpc) is 3.67. The Bertz CT molecular complexity index is 1840. The van der Waals surface area contributed by atoms with Crippen LogP contribution < -0.4 is 0 Å². The molecule has 0 spiro atoms. The third kappa shape index (κ3) is 6.68. The Morgan fingerprint density at radius 3 is 2.30 bits per heavy atom. The second-order valence-corrected chi connectivity index (χ2v) is 10.3. The van der Waals surface area contributed by atoms with E-state index in [2.05, 4.69) is 53.3 Å². The van der Waals surface area contributed by atoms with Gasteiger partial charge in [0, 0.05) is 47.2 Å². The summed E-state index contributed by atoms with van der Waals surface area (Å²) in [4.78, 5) is 22.6. The van der Waals surface area contributed by atoms with E-state index in [9.17, 15) is 4.79 Å². The van der Waals surface area contributed by atoms with E-state index in [1.54, 1.807) is 12.1 Å². The van der Waals surface area contributed by atoms with Crippen molar-refractivity contribution in [1.82, 2.24) is 14.9 Å². The van der Waals surface area contributed by atoms with Gasteiger partial charge in [-0.3, -0.25) is 4.79 Å². The van der Waals surface area contributed by atoms with Gasteiger partial charge in [0.05, 0.1) is 18.1 Å². The predicted molar refractivity (Wildman–Crippen MR) is 173 cm³/mol. The number of para-hydroxylation sites is 1. The van der Waals surface area contributed by atoms with Crippen molar-refractivity contribution < 1.29 is 9.21 Å². The lowest BCUT2D eigenvalue weighted by Crippen LogP contribution is -2.49. The maximum absolute atomic E-state index is 12.8. The van der Waals surface area contributed by atoms with Crippen molar-refractivity contribution in [2.45, 2.75) is 39.5 Å². The summed E-state index contributed by atoms with van der Waals surface area (Å²) in [6, 6.07) is 33.9. The fourth-order valence-electron chi connectivity index (χ4n) is 5.15. The van der Waals surface area contributed by atoms with Crippen molar-refractivity contribution in [3.63, 3.8) is 0 Å². The van der Waals surface area contributed by atoms with Crippen LogP contribution in [0.1, 0.15) is 49.1 Å². The number of amides is 1. The van der Waals surface area contributed by atoms with Crippen LogP contribution in [0.25, 0.3) is 33.3 Å². The zero-order valence-corrected chi connectivity index (χ0v) is 24.9. The van der Waals surface area contributed by atoms with E-state index < -0.39 is 0 Å². The normalized spacial score (nSPS) is 12.5. The van der Waals surface area contributed by atoms with Gasteiger partial charge in [0.15, 0.2) is 0 Å². The summed E-state index contributed by atoms with van der Waals surface area (Å²) >= 11 is 0. The summed E-state index contributed by atoms with van der Waals surface area (Å²) in [7, 11) is 0. The number of nitrogens with zero attached hydrogens (tertiary/aromatic N) is 3. The van der Waals surface area contributed by atoms with Crippen LogP contribution >= 0.6 is 0 Å². The third-order valence-electron chi connectivity index (χ3n) is 7.60. The lowest BCUT2D eigenvalue weighted by molar-refractivity contribution is -0.134. The first-order chi connectivity index (χ1) is 21.1. The van der Waals surface area contributed by atoms with Crippen LogP contribution in [-0.2, 0) is 17.6 Å². The second-order valence-electron chi connectivity index (χ2n) is 10.3. The van der Waals surface area contributed by atoms with Crippen LogP contribution in [0.3, 0.4) is 0 Å². The third-order valence-corrected chi connectivity index (χ3v) is 7.60. The molecule has 43 heavy (non-hydrogen) atoms. The number of carbonyl (C=O) groups is 1. The molecule has 0 bridgehead atoms. The van der Waals surface area contributed by atoms with E-state index >= 15 is 0 Å². The number of fused-ring (bicyclic) bond motifs is 3. The number of furan rings is 1. The maximum Gasteiger partial charge on any atom is 0.227 e. The standard InChI is InChI=1S/C27H20N4O2.C8H10.C2H6/c28-13-17-5-8-19(9-6-17)27-29-14-23(30-27)20-15-31(16-20)26(32)12-18-7-10-25-22(11-18)21-3-1-2-4-24(21)33-25;1-2-8-6-4-3-5-7-8;1-2/h1-11,14,20H,12,15-16H2,(H,29,30);3-7H,2H2,1H3;1-2H3. The predicted octanol–water partition coefficient (Wildman–Crippen LogP) is 8.29. The van der Waals surface area contributed by atoms with E-state index in [0.29, 0.717) is 25.1 Å². The molecule has 1 saturated heterocycles. The summed E-state index contributed by atoms with van der Waals surface area (Å²) in [5, 5.41) is 11.1. The van der Waals surface area contributed by atoms with Gasteiger partial charge in [-0.1, -0.05) is 75.4 Å². The Balaban J connectivity index is 0.000000317. The molecular weight excluding hydrogens is 532 g/mol. The minimum Gasteiger partial charge on any atom is -0.456 e. The zero-order chi connectivity index (χ0) is 30.2. The highest BCUT2D eigenvalue weighted by Crippen LogP contribution is 2.31. The summed E-state index contributed by atoms with van der Waals surface area (Å²) in [5.41, 5.74) is 6.70. The number of hydrogen-bond donors (Lipinski definition) is 1. The number of carbonyl (C=O) groups excluding carboxylic acids is 1. The molecule has 0 radical (unpaired) electrons. The molecule has 1 aliphatic rings. The average molecular weight is 569 g/mol. The van der Waals surface area contributed by atoms with Crippen molar-refractivity contribution in [3.8, 4) is 17.5 Å². The number of H-pyrrole nitrogens is 1. The Labute approximate surface area is 252 Å². The topological polar surface area (TPSA) is 85.9 Å². The molecule has 0 saturated carbocycles. The van der Waals surface area contributed by atoms with Gasteiger partial charge in [-0.05, 0) is 60.0 Å². The molecule has 3 heterocycles. The number of hydrogen-bond acceptors (Lipinski definition) is 4. The Morgan fingerprint density at radius 1 is 0.907 bits per heavy atom. The smallest absolute Gasteiger partial charge is 0.227 e. The van der Waals surface area contributed by atoms with Gasteiger partial charge < -0.3 is 14.3 Å². The molecular formula is C37H36N4O2. The first kappa shape index (κ1) is 29.3. The molecule has 1 aliphatic heterocycles. The zero-order valence-electron chi connectivity index (χ0n) is 24.9. The molecule has 0 aliphatic carbocycles. The number of benzene rings is 4. The quantitative estimate of drug-likeness (QED) is 0.227. The molecule has 2 aromatic heterocycles. The van der Waals surface area contributed by atoms with E-state index in [1.165, 1.54) is 5.56 Å². The molecule has 0 atom stereocenters. The number of rotatable bonds is 5. The Hall–Kier alpha value is -5.15. The largest absolute Gasteiger partial charge is 0.456 e. The molecule has 4 aromatic carbocycles. The van der Waals surface area contributed by atoms with Gasteiger partial charge in [0.25, 0.3) is 0 Å². The number of likely N-dealkylation sites (tertiary alicyclic amines) is 1. The van der Waals surface area contributed by atoms with Crippen LogP contribution in [0, 0.1) is 11.3 Å². The number of imidazole rings is 1. The number of nitrogens with one attached hydrogen (secondary N) is 1. The highest BCUT2D eigenvalue weighted by molar-refractivity contribution is 6.05. The molecule has 7 rings (SSSR count). The molecule has 216 valence electrons. The van der Waals surface area contributed by atoms with Crippen LogP contribution in [0.5, 0.6) is 0 Å². The first-order valence-electron chi connectivity index (χ1n) is 14.9. The minimum atomic E-state index is 0.130. The van der Waals surface area contributed by atoms with E-state index in [0.717, 1.165) is 51.0 Å². The lowest BCUT2D eigenvalue weighted by atomic mass is 9.96. The fraction of sp³-hybridized carbons (Fsp3) is 0.216. The van der Waals surface area contributed by atoms with Crippen LogP contribution in [0.2, 0.25) is 0 Å². The molecule has 6 aromatic rings. The number of nitriles is 1. The van der Waals surface area contributed by atoms with Crippen molar-refractivity contribution in [1.29, 1.82) is 5.26 Å². The SMILES string of the molecule is CC.CCc1ccccc1.N#Cc1ccc(-c2ncc(C3CN(C(=O)Cc4ccc5oc6ccccc6c5c4)C3)[nH]2)cc1. The molecule has 1 fully saturated rings. The van der Waals surface area contributed by atoms with Crippen LogP contribution in [0.4, 0.5) is 0 Å².